The molecule has 8 heteroatoms. The van der Waals surface area contributed by atoms with E-state index in [1.807, 2.05) is 60.7 Å². The molecule has 0 saturated heterocycles. The molecule has 0 spiro atoms. The fourth-order valence-corrected chi connectivity index (χ4v) is 12.5. The number of aryl methyl sites for hydroxylation is 2. The average molecular weight is 1510 g/mol. The zero-order chi connectivity index (χ0) is 81.1. The smallest absolute Gasteiger partial charge is 0.0513 e. The van der Waals surface area contributed by atoms with E-state index in [1.54, 1.807) is 0 Å². The Labute approximate surface area is 673 Å². The maximum Gasteiger partial charge on any atom is 0.0513 e. The Morgan fingerprint density at radius 2 is 0.587 bits per heavy atom. The van der Waals surface area contributed by atoms with Gasteiger partial charge in [0.1, 0.15) is 0 Å². The summed E-state index contributed by atoms with van der Waals surface area (Å²) in [6, 6.07) is 84.8. The van der Waals surface area contributed by atoms with Crippen LogP contribution in [0.5, 0.6) is 0 Å². The molecule has 0 amide bonds. The van der Waals surface area contributed by atoms with Crippen LogP contribution in [0.15, 0.2) is 253 Å². The van der Waals surface area contributed by atoms with Gasteiger partial charge in [-0.2, -0.15) is 0 Å². The number of rotatable bonds is 23. The van der Waals surface area contributed by atoms with Gasteiger partial charge < -0.3 is 0 Å². The van der Waals surface area contributed by atoms with E-state index >= 15 is 0 Å². The molecule has 0 aliphatic carbocycles. The predicted octanol–water partition coefficient (Wildman–Crippen LogP) is 31.8. The molecule has 0 atom stereocenters. The topological polar surface area (TPSA) is 97.5 Å². The van der Waals surface area contributed by atoms with Crippen LogP contribution in [-0.4, -0.2) is 0 Å². The largest absolute Gasteiger partial charge is 0.0893 e. The third-order valence-corrected chi connectivity index (χ3v) is 17.5. The molecule has 0 aromatic heterocycles. The molecule has 10 aromatic rings. The summed E-state index contributed by atoms with van der Waals surface area (Å²) < 4.78 is 0. The normalized spacial score (nSPS) is 10.5. The Bertz CT molecular complexity index is 4040. The molecule has 0 aliphatic rings. The number of fused-ring (bicyclic) bond motifs is 1. The van der Waals surface area contributed by atoms with Crippen LogP contribution in [0.4, 0.5) is 0 Å². The first-order chi connectivity index (χ1) is 51.8. The highest BCUT2D eigenvalue weighted by molar-refractivity contribution is 6.31. The van der Waals surface area contributed by atoms with E-state index < -0.39 is 0 Å². The molecule has 586 valence electrons. The van der Waals surface area contributed by atoms with Crippen LogP contribution in [0.25, 0.3) is 31.7 Å². The van der Waals surface area contributed by atoms with Crippen LogP contribution in [-0.2, 0) is 70.9 Å². The summed E-state index contributed by atoms with van der Waals surface area (Å²) >= 11 is 11.7. The van der Waals surface area contributed by atoms with Gasteiger partial charge in [0, 0.05) is 19.9 Å². The summed E-state index contributed by atoms with van der Waals surface area (Å²) in [5.41, 5.74) is 35.3. The van der Waals surface area contributed by atoms with E-state index in [0.29, 0.717) is 36.8 Å². The van der Waals surface area contributed by atoms with Gasteiger partial charge in [-0.3, -0.25) is 0 Å². The summed E-state index contributed by atoms with van der Waals surface area (Å²) in [5.74, 6) is 7.10. The number of azide groups is 2. The van der Waals surface area contributed by atoms with Crippen LogP contribution in [0, 0.1) is 67.1 Å². The van der Waals surface area contributed by atoms with Crippen molar-refractivity contribution in [2.45, 2.75) is 229 Å². The van der Waals surface area contributed by atoms with Gasteiger partial charge in [-0.1, -0.05) is 407 Å². The second-order valence-corrected chi connectivity index (χ2v) is 33.9. The molecule has 10 rings (SSSR count). The quantitative estimate of drug-likeness (QED) is 0.0346. The van der Waals surface area contributed by atoms with Gasteiger partial charge in [-0.25, -0.2) is 0 Å². The maximum atomic E-state index is 8.26. The minimum Gasteiger partial charge on any atom is -0.0893 e. The molecule has 109 heavy (non-hydrogen) atoms. The van der Waals surface area contributed by atoms with Crippen LogP contribution >= 0.6 is 23.2 Å². The fourth-order valence-electron chi connectivity index (χ4n) is 12.1. The predicted molar refractivity (Wildman–Crippen MR) is 482 cm³/mol. The molecule has 0 aliphatic heterocycles. The van der Waals surface area contributed by atoms with E-state index in [2.05, 4.69) is 354 Å². The first-order valence-electron chi connectivity index (χ1n) is 40.2. The fraction of sp³-hybridized carbons (Fsp3) is 0.426. The summed E-state index contributed by atoms with van der Waals surface area (Å²) in [5, 5.41) is 11.5. The van der Waals surface area contributed by atoms with Gasteiger partial charge in [0.25, 0.3) is 0 Å². The number of halogens is 2. The van der Waals surface area contributed by atoms with Crippen molar-refractivity contribution < 1.29 is 0 Å². The number of nitrogens with zero attached hydrogens (tertiary/aromatic N) is 6. The summed E-state index contributed by atoms with van der Waals surface area (Å²) in [4.78, 5) is 5.52. The Kier molecular flexibility index (Phi) is 50.4. The highest BCUT2D eigenvalue weighted by atomic mass is 35.5. The molecule has 0 radical (unpaired) electrons. The second-order valence-electron chi connectivity index (χ2n) is 33.0. The highest BCUT2D eigenvalue weighted by Crippen LogP contribution is 2.22. The lowest BCUT2D eigenvalue weighted by atomic mass is 9.98. The molecule has 0 saturated carbocycles. The van der Waals surface area contributed by atoms with Crippen LogP contribution < -0.4 is 0 Å². The van der Waals surface area contributed by atoms with Crippen LogP contribution in [0.3, 0.4) is 0 Å². The van der Waals surface area contributed by atoms with Gasteiger partial charge in [-0.15, -0.1) is 0 Å². The van der Waals surface area contributed by atoms with Crippen molar-refractivity contribution in [3.8, 4) is 0 Å². The SMILES string of the molecule is CC(C)Cc1ccc(C(C)C)cc1.CC(C)Cc1ccc(Cl)cc1.CC(C)Cc1ccc2ccccc2c1.CC(C)Cc1cccc(CN=[N+]=[N-])c1.CC(C)Cc1ccccc1.CC(C)Cc1ccccc1CN=[N+]=[N-].CC(C)Cc1ccccc1Cl.Cc1cccc(CC(C)C)c1.Cc1cccc(CC(C)C)c1. The van der Waals surface area contributed by atoms with Gasteiger partial charge in [0.15, 0.2) is 0 Å². The van der Waals surface area contributed by atoms with E-state index in [0.717, 1.165) is 82.4 Å². The van der Waals surface area contributed by atoms with Crippen molar-refractivity contribution in [2.75, 3.05) is 0 Å². The molecule has 0 heterocycles. The van der Waals surface area contributed by atoms with Gasteiger partial charge >= 0.3 is 0 Å². The monoisotopic (exact) mass is 1510 g/mol. The molecule has 0 fully saturated rings. The average Bonchev–Trinajstić information content (AvgIpc) is 0.846. The van der Waals surface area contributed by atoms with Crippen molar-refractivity contribution in [2.24, 2.45) is 63.5 Å². The summed E-state index contributed by atoms with van der Waals surface area (Å²) in [6.07, 6.45) is 10.3. The van der Waals surface area contributed by atoms with E-state index in [1.165, 1.54) is 110 Å². The van der Waals surface area contributed by atoms with Gasteiger partial charge in [0.2, 0.25) is 0 Å². The van der Waals surface area contributed by atoms with Crippen molar-refractivity contribution in [3.63, 3.8) is 0 Å². The summed E-state index contributed by atoms with van der Waals surface area (Å²) in [6.45, 7) is 49.8. The molecular weight excluding hydrogens is 1370 g/mol. The first-order valence-corrected chi connectivity index (χ1v) is 41.0. The molecule has 0 N–H and O–H groups in total. The standard InChI is InChI=1S/C14H16.C13H20.2C11H15N3.2C11H16.2C10H13Cl.C10H14/c1-11(2)9-12-7-8-13-5-3-4-6-14(13)10-12;1-10(2)9-12-5-7-13(8-6-12)11(3)4;1-9(2)6-10-4-3-5-11(7-10)8-13-14-12;1-9(2)7-10-5-3-4-6-11(10)8-13-14-12;2*1-9(2)7-11-6-4-5-10(3)8-11;1-8(2)7-9-3-5-10(11)6-4-9;1-8(2)7-9-5-3-4-6-10(9)11;1-9(2)8-10-6-4-3-5-7-10/h3-8,10-11H,9H2,1-2H3;5-8,10-11H,9H2,1-4H3;3-5,7,9H,6,8H2,1-2H3;3-6,9H,7-8H2,1-2H3;2*4-6,8-9H,7H2,1-3H3;2*3-6,8H,7H2,1-2H3;3-7,9H,8H2,1-2H3. The number of benzene rings is 10. The third kappa shape index (κ3) is 48.7. The van der Waals surface area contributed by atoms with Gasteiger partial charge in [-0.05, 0) is 238 Å². The lowest BCUT2D eigenvalue weighted by Crippen LogP contribution is -1.98. The third-order valence-electron chi connectivity index (χ3n) is 16.8. The Hall–Kier alpha value is -8.34. The lowest BCUT2D eigenvalue weighted by molar-refractivity contribution is 0.642. The van der Waals surface area contributed by atoms with Crippen molar-refractivity contribution in [1.82, 2.24) is 0 Å². The van der Waals surface area contributed by atoms with E-state index in [4.69, 9.17) is 34.3 Å². The molecule has 0 unspecified atom stereocenters. The molecule has 0 bridgehead atoms. The first kappa shape index (κ1) is 96.7. The second kappa shape index (κ2) is 56.8. The highest BCUT2D eigenvalue weighted by Gasteiger charge is 2.07. The Balaban J connectivity index is 0.000000417. The zero-order valence-corrected chi connectivity index (χ0v) is 72.6. The number of hydrogen-bond donors (Lipinski definition) is 0. The zero-order valence-electron chi connectivity index (χ0n) is 71.1. The van der Waals surface area contributed by atoms with Crippen molar-refractivity contribution in [1.29, 1.82) is 0 Å². The van der Waals surface area contributed by atoms with Crippen LogP contribution in [0.2, 0.25) is 10.0 Å². The van der Waals surface area contributed by atoms with E-state index in [9.17, 15) is 0 Å². The molecule has 10 aromatic carbocycles. The van der Waals surface area contributed by atoms with Crippen molar-refractivity contribution >= 4 is 34.0 Å². The van der Waals surface area contributed by atoms with Gasteiger partial charge in [0.05, 0.1) is 13.1 Å². The van der Waals surface area contributed by atoms with Crippen LogP contribution in [0.1, 0.15) is 222 Å². The Morgan fingerprint density at radius 1 is 0.266 bits per heavy atom. The Morgan fingerprint density at radius 3 is 1.02 bits per heavy atom. The lowest BCUT2D eigenvalue weighted by Gasteiger charge is -2.09. The summed E-state index contributed by atoms with van der Waals surface area (Å²) in [7, 11) is 0. The van der Waals surface area contributed by atoms with Crippen molar-refractivity contribution in [3.05, 3.63) is 351 Å². The minimum atomic E-state index is 0.447. The minimum absolute atomic E-state index is 0.447. The van der Waals surface area contributed by atoms with E-state index in [-0.39, 0.29) is 0 Å². The molecule has 6 nitrogen and oxygen atoms in total. The molecular formula is C101H138Cl2N6. The maximum absolute atomic E-state index is 8.26. The number of hydrogen-bond acceptors (Lipinski definition) is 2.